The second kappa shape index (κ2) is 7.72. The van der Waals surface area contributed by atoms with Crippen LogP contribution in [-0.4, -0.2) is 34.6 Å². The van der Waals surface area contributed by atoms with Crippen LogP contribution in [0.2, 0.25) is 0 Å². The van der Waals surface area contributed by atoms with Crippen molar-refractivity contribution in [2.75, 3.05) is 25.5 Å². The smallest absolute Gasteiger partial charge is 0.320 e. The van der Waals surface area contributed by atoms with Gasteiger partial charge in [-0.25, -0.2) is 9.52 Å². The number of carbonyl (C=O) groups is 1. The number of nitrogens with one attached hydrogen (secondary N) is 4. The van der Waals surface area contributed by atoms with Gasteiger partial charge in [0.05, 0.1) is 0 Å². The molecule has 0 aliphatic heterocycles. The van der Waals surface area contributed by atoms with E-state index in [4.69, 9.17) is 0 Å². The molecule has 0 radical (unpaired) electrons. The van der Waals surface area contributed by atoms with Crippen LogP contribution in [0.15, 0.2) is 6.07 Å². The maximum absolute atomic E-state index is 12.3. The molecule has 138 valence electrons. The molecule has 7 nitrogen and oxygen atoms in total. The highest BCUT2D eigenvalue weighted by Crippen LogP contribution is 2.38. The Morgan fingerprint density at radius 1 is 1.04 bits per heavy atom. The maximum Gasteiger partial charge on any atom is 0.333 e. The van der Waals surface area contributed by atoms with Crippen molar-refractivity contribution in [3.63, 3.8) is 0 Å². The number of fused-ring (bicyclic) bond motifs is 2. The highest BCUT2D eigenvalue weighted by molar-refractivity contribution is 7.88. The first-order chi connectivity index (χ1) is 12.0. The van der Waals surface area contributed by atoms with Crippen LogP contribution in [0.3, 0.4) is 0 Å². The van der Waals surface area contributed by atoms with Gasteiger partial charge in [-0.1, -0.05) is 6.07 Å². The molecule has 0 saturated carbocycles. The maximum atomic E-state index is 12.3. The fraction of sp³-hybridized carbons (Fsp3) is 0.588. The van der Waals surface area contributed by atoms with Gasteiger partial charge in [-0.2, -0.15) is 13.1 Å². The number of rotatable bonds is 7. The Morgan fingerprint density at radius 3 is 2.28 bits per heavy atom. The van der Waals surface area contributed by atoms with Crippen molar-refractivity contribution in [2.24, 2.45) is 0 Å². The zero-order valence-corrected chi connectivity index (χ0v) is 15.4. The summed E-state index contributed by atoms with van der Waals surface area (Å²) in [7, 11) is -2.05. The molecule has 0 fully saturated rings. The molecule has 0 aromatic heterocycles. The Hall–Kier alpha value is -1.64. The summed E-state index contributed by atoms with van der Waals surface area (Å²) in [5.74, 6) is 0. The number of aryl methyl sites for hydroxylation is 2. The molecule has 2 amide bonds. The van der Waals surface area contributed by atoms with Crippen LogP contribution in [0.5, 0.6) is 0 Å². The zero-order chi connectivity index (χ0) is 17.9. The summed E-state index contributed by atoms with van der Waals surface area (Å²) in [6, 6.07) is 1.57. The number of carbonyl (C=O) groups excluding carboxylic acids is 1. The number of urea groups is 1. The number of hydrogen-bond donors (Lipinski definition) is 4. The molecule has 0 heterocycles. The summed E-state index contributed by atoms with van der Waals surface area (Å²) >= 11 is 0. The largest absolute Gasteiger partial charge is 0.333 e. The minimum absolute atomic E-state index is 0.277. The Morgan fingerprint density at radius 2 is 1.68 bits per heavy atom. The van der Waals surface area contributed by atoms with Gasteiger partial charge < -0.3 is 10.6 Å². The van der Waals surface area contributed by atoms with Crippen LogP contribution in [-0.2, 0) is 35.9 Å². The van der Waals surface area contributed by atoms with Crippen LogP contribution in [0.1, 0.15) is 41.5 Å². The molecule has 3 rings (SSSR count). The van der Waals surface area contributed by atoms with Crippen molar-refractivity contribution >= 4 is 21.9 Å². The first-order valence-corrected chi connectivity index (χ1v) is 10.4. The number of amides is 2. The summed E-state index contributed by atoms with van der Waals surface area (Å²) in [5.41, 5.74) is 5.78. The summed E-state index contributed by atoms with van der Waals surface area (Å²) < 4.78 is 28.3. The van der Waals surface area contributed by atoms with Gasteiger partial charge in [-0.05, 0) is 80.8 Å². The first-order valence-electron chi connectivity index (χ1n) is 8.89. The van der Waals surface area contributed by atoms with E-state index in [1.54, 1.807) is 7.05 Å². The molecule has 25 heavy (non-hydrogen) atoms. The van der Waals surface area contributed by atoms with Crippen LogP contribution in [0, 0.1) is 0 Å². The highest BCUT2D eigenvalue weighted by atomic mass is 32.2. The Labute approximate surface area is 149 Å². The van der Waals surface area contributed by atoms with E-state index in [2.05, 4.69) is 26.1 Å². The molecule has 2 aliphatic carbocycles. The van der Waals surface area contributed by atoms with Crippen LogP contribution >= 0.6 is 0 Å². The number of anilines is 1. The molecule has 4 N–H and O–H groups in total. The van der Waals surface area contributed by atoms with Crippen LogP contribution < -0.4 is 20.1 Å². The lowest BCUT2D eigenvalue weighted by Gasteiger charge is -2.16. The Kier molecular flexibility index (Phi) is 5.61. The van der Waals surface area contributed by atoms with Gasteiger partial charge in [-0.3, -0.25) is 0 Å². The SMILES string of the molecule is CNCCCNS(=O)(=O)NC(=O)Nc1c2c(cc3c1CCC3)CCC2. The third kappa shape index (κ3) is 4.31. The standard InChI is InChI=1S/C17H26N4O3S/c1-18-9-4-10-19-25(23,24)21-17(22)20-16-14-7-2-5-12(14)11-13-6-3-8-15(13)16/h11,18-19H,2-10H2,1H3,(H2,20,21,22). The summed E-state index contributed by atoms with van der Waals surface area (Å²) in [5, 5.41) is 5.76. The lowest BCUT2D eigenvalue weighted by atomic mass is 9.99. The topological polar surface area (TPSA) is 99.3 Å². The Bertz CT molecular complexity index is 729. The average Bonchev–Trinajstić information content (AvgIpc) is 3.19. The monoisotopic (exact) mass is 366 g/mol. The average molecular weight is 366 g/mol. The highest BCUT2D eigenvalue weighted by Gasteiger charge is 2.25. The van der Waals surface area contributed by atoms with E-state index in [0.717, 1.165) is 44.2 Å². The van der Waals surface area contributed by atoms with E-state index in [0.29, 0.717) is 13.0 Å². The molecule has 8 heteroatoms. The third-order valence-electron chi connectivity index (χ3n) is 4.83. The van der Waals surface area contributed by atoms with E-state index >= 15 is 0 Å². The normalized spacial score (nSPS) is 15.7. The van der Waals surface area contributed by atoms with Gasteiger partial charge in [0.2, 0.25) is 0 Å². The van der Waals surface area contributed by atoms with Crippen molar-refractivity contribution < 1.29 is 13.2 Å². The van der Waals surface area contributed by atoms with Gasteiger partial charge >= 0.3 is 16.2 Å². The van der Waals surface area contributed by atoms with E-state index < -0.39 is 16.2 Å². The van der Waals surface area contributed by atoms with Gasteiger partial charge in [-0.15, -0.1) is 0 Å². The minimum Gasteiger partial charge on any atom is -0.320 e. The van der Waals surface area contributed by atoms with E-state index in [1.165, 1.54) is 22.3 Å². The van der Waals surface area contributed by atoms with Crippen molar-refractivity contribution in [3.8, 4) is 0 Å². The molecule has 2 aliphatic rings. The molecule has 0 saturated heterocycles. The second-order valence-corrected chi connectivity index (χ2v) is 8.14. The minimum atomic E-state index is -3.85. The molecule has 0 atom stereocenters. The molecule has 1 aromatic carbocycles. The summed E-state index contributed by atoms with van der Waals surface area (Å²) in [6.45, 7) is 0.983. The van der Waals surface area contributed by atoms with Gasteiger partial charge in [0, 0.05) is 12.2 Å². The van der Waals surface area contributed by atoms with E-state index in [-0.39, 0.29) is 6.54 Å². The molecular weight excluding hydrogens is 340 g/mol. The van der Waals surface area contributed by atoms with Gasteiger partial charge in [0.15, 0.2) is 0 Å². The molecular formula is C17H26N4O3S. The van der Waals surface area contributed by atoms with Gasteiger partial charge in [0.1, 0.15) is 0 Å². The number of hydrogen-bond acceptors (Lipinski definition) is 4. The predicted octanol–water partition coefficient (Wildman–Crippen LogP) is 1.23. The third-order valence-corrected chi connectivity index (χ3v) is 5.87. The van der Waals surface area contributed by atoms with Gasteiger partial charge in [0.25, 0.3) is 0 Å². The fourth-order valence-corrected chi connectivity index (χ4v) is 4.52. The van der Waals surface area contributed by atoms with Crippen molar-refractivity contribution in [1.82, 2.24) is 14.8 Å². The summed E-state index contributed by atoms with van der Waals surface area (Å²) in [6.07, 6.45) is 6.76. The van der Waals surface area contributed by atoms with Crippen molar-refractivity contribution in [2.45, 2.75) is 44.9 Å². The summed E-state index contributed by atoms with van der Waals surface area (Å²) in [4.78, 5) is 12.3. The molecule has 0 bridgehead atoms. The lowest BCUT2D eigenvalue weighted by Crippen LogP contribution is -2.43. The van der Waals surface area contributed by atoms with Crippen LogP contribution in [0.4, 0.5) is 10.5 Å². The fourth-order valence-electron chi connectivity index (χ4n) is 3.74. The Balaban J connectivity index is 1.68. The lowest BCUT2D eigenvalue weighted by molar-refractivity contribution is 0.256. The second-order valence-electron chi connectivity index (χ2n) is 6.65. The van der Waals surface area contributed by atoms with Crippen molar-refractivity contribution in [3.05, 3.63) is 28.3 Å². The number of benzene rings is 1. The zero-order valence-electron chi connectivity index (χ0n) is 14.6. The molecule has 1 aromatic rings. The first kappa shape index (κ1) is 18.2. The molecule has 0 unspecified atom stereocenters. The van der Waals surface area contributed by atoms with E-state index in [1.807, 2.05) is 0 Å². The van der Waals surface area contributed by atoms with Crippen molar-refractivity contribution in [1.29, 1.82) is 0 Å². The molecule has 0 spiro atoms. The predicted molar refractivity (Wildman–Crippen MR) is 98.1 cm³/mol. The van der Waals surface area contributed by atoms with Crippen LogP contribution in [0.25, 0.3) is 0 Å². The quantitative estimate of drug-likeness (QED) is 0.546. The van der Waals surface area contributed by atoms with E-state index in [9.17, 15) is 13.2 Å².